The Balaban J connectivity index is 1.42. The van der Waals surface area contributed by atoms with Crippen molar-refractivity contribution in [3.63, 3.8) is 0 Å². The molecule has 0 unspecified atom stereocenters. The van der Waals surface area contributed by atoms with Gasteiger partial charge in [-0.15, -0.1) is 0 Å². The van der Waals surface area contributed by atoms with Gasteiger partial charge in [-0.25, -0.2) is 0 Å². The van der Waals surface area contributed by atoms with Crippen LogP contribution >= 0.6 is 0 Å². The zero-order valence-corrected chi connectivity index (χ0v) is 10.9. The van der Waals surface area contributed by atoms with Crippen LogP contribution < -0.4 is 10.6 Å². The molecule has 2 N–H and O–H groups in total. The number of rotatable bonds is 6. The van der Waals surface area contributed by atoms with Gasteiger partial charge in [0.15, 0.2) is 0 Å². The SMILES string of the molecule is C(CC1CCOCC1)NCCN1CCNCC1. The third kappa shape index (κ3) is 5.34. The third-order valence-corrected chi connectivity index (χ3v) is 3.88. The van der Waals surface area contributed by atoms with Crippen molar-refractivity contribution in [3.8, 4) is 0 Å². The largest absolute Gasteiger partial charge is 0.381 e. The van der Waals surface area contributed by atoms with E-state index in [1.807, 2.05) is 0 Å². The molecule has 4 nitrogen and oxygen atoms in total. The molecule has 0 aliphatic carbocycles. The molecule has 2 heterocycles. The maximum atomic E-state index is 5.37. The predicted molar refractivity (Wildman–Crippen MR) is 70.3 cm³/mol. The first-order valence-corrected chi connectivity index (χ1v) is 7.16. The number of hydrogen-bond donors (Lipinski definition) is 2. The lowest BCUT2D eigenvalue weighted by Gasteiger charge is -2.27. The van der Waals surface area contributed by atoms with Gasteiger partial charge in [0.25, 0.3) is 0 Å². The Bertz CT molecular complexity index is 169. The maximum Gasteiger partial charge on any atom is 0.0468 e. The van der Waals surface area contributed by atoms with Crippen LogP contribution in [0.4, 0.5) is 0 Å². The first-order valence-electron chi connectivity index (χ1n) is 7.16. The number of ether oxygens (including phenoxy) is 1. The summed E-state index contributed by atoms with van der Waals surface area (Å²) in [7, 11) is 0. The molecule has 0 bridgehead atoms. The van der Waals surface area contributed by atoms with E-state index in [9.17, 15) is 0 Å². The van der Waals surface area contributed by atoms with E-state index in [-0.39, 0.29) is 0 Å². The van der Waals surface area contributed by atoms with Crippen LogP contribution in [0, 0.1) is 5.92 Å². The second kappa shape index (κ2) is 8.03. The van der Waals surface area contributed by atoms with Crippen molar-refractivity contribution in [2.75, 3.05) is 59.0 Å². The average molecular weight is 241 g/mol. The molecule has 2 rings (SSSR count). The van der Waals surface area contributed by atoms with Gasteiger partial charge < -0.3 is 15.4 Å². The van der Waals surface area contributed by atoms with Gasteiger partial charge in [0, 0.05) is 52.5 Å². The van der Waals surface area contributed by atoms with Crippen molar-refractivity contribution in [1.82, 2.24) is 15.5 Å². The van der Waals surface area contributed by atoms with Gasteiger partial charge >= 0.3 is 0 Å². The molecule has 17 heavy (non-hydrogen) atoms. The second-order valence-electron chi connectivity index (χ2n) is 5.19. The topological polar surface area (TPSA) is 36.5 Å². The van der Waals surface area contributed by atoms with Crippen LogP contribution in [0.25, 0.3) is 0 Å². The quantitative estimate of drug-likeness (QED) is 0.656. The molecule has 0 atom stereocenters. The van der Waals surface area contributed by atoms with Crippen LogP contribution in [0.3, 0.4) is 0 Å². The maximum absolute atomic E-state index is 5.37. The van der Waals surface area contributed by atoms with Crippen molar-refractivity contribution in [1.29, 1.82) is 0 Å². The van der Waals surface area contributed by atoms with Gasteiger partial charge in [0.2, 0.25) is 0 Å². The summed E-state index contributed by atoms with van der Waals surface area (Å²) in [5.41, 5.74) is 0. The molecule has 0 aromatic rings. The third-order valence-electron chi connectivity index (χ3n) is 3.88. The summed E-state index contributed by atoms with van der Waals surface area (Å²) in [6, 6.07) is 0. The molecule has 2 aliphatic heterocycles. The Morgan fingerprint density at radius 3 is 2.65 bits per heavy atom. The van der Waals surface area contributed by atoms with Crippen LogP contribution in [0.2, 0.25) is 0 Å². The van der Waals surface area contributed by atoms with Gasteiger partial charge in [-0.05, 0) is 31.7 Å². The number of nitrogens with zero attached hydrogens (tertiary/aromatic N) is 1. The molecule has 100 valence electrons. The fourth-order valence-corrected chi connectivity index (χ4v) is 2.64. The minimum Gasteiger partial charge on any atom is -0.381 e. The summed E-state index contributed by atoms with van der Waals surface area (Å²) in [5.74, 6) is 0.899. The van der Waals surface area contributed by atoms with Crippen molar-refractivity contribution in [3.05, 3.63) is 0 Å². The van der Waals surface area contributed by atoms with Gasteiger partial charge in [0.05, 0.1) is 0 Å². The lowest BCUT2D eigenvalue weighted by Crippen LogP contribution is -2.45. The highest BCUT2D eigenvalue weighted by Gasteiger charge is 2.13. The Hall–Kier alpha value is -0.160. The zero-order valence-electron chi connectivity index (χ0n) is 10.9. The first-order chi connectivity index (χ1) is 8.45. The smallest absolute Gasteiger partial charge is 0.0468 e. The summed E-state index contributed by atoms with van der Waals surface area (Å²) in [5, 5.41) is 6.96. The second-order valence-corrected chi connectivity index (χ2v) is 5.19. The fraction of sp³-hybridized carbons (Fsp3) is 1.00. The molecule has 0 aromatic heterocycles. The van der Waals surface area contributed by atoms with E-state index in [1.165, 1.54) is 45.4 Å². The normalized spacial score (nSPS) is 24.0. The van der Waals surface area contributed by atoms with E-state index in [0.29, 0.717) is 0 Å². The molecule has 2 saturated heterocycles. The Morgan fingerprint density at radius 2 is 1.88 bits per heavy atom. The molecule has 0 radical (unpaired) electrons. The lowest BCUT2D eigenvalue weighted by atomic mass is 9.97. The molecule has 0 spiro atoms. The molecular weight excluding hydrogens is 214 g/mol. The summed E-state index contributed by atoms with van der Waals surface area (Å²) < 4.78 is 5.37. The average Bonchev–Trinajstić information content (AvgIpc) is 2.41. The molecule has 0 amide bonds. The van der Waals surface area contributed by atoms with Gasteiger partial charge in [-0.1, -0.05) is 0 Å². The van der Waals surface area contributed by atoms with Gasteiger partial charge in [0.1, 0.15) is 0 Å². The molecular formula is C13H27N3O. The molecule has 2 aliphatic rings. The number of nitrogens with one attached hydrogen (secondary N) is 2. The highest BCUT2D eigenvalue weighted by atomic mass is 16.5. The van der Waals surface area contributed by atoms with E-state index in [1.54, 1.807) is 0 Å². The van der Waals surface area contributed by atoms with E-state index >= 15 is 0 Å². The molecule has 2 fully saturated rings. The van der Waals surface area contributed by atoms with Crippen LogP contribution in [-0.4, -0.2) is 63.9 Å². The van der Waals surface area contributed by atoms with E-state index in [0.717, 1.165) is 38.8 Å². The summed E-state index contributed by atoms with van der Waals surface area (Å²) >= 11 is 0. The number of piperazine rings is 1. The van der Waals surface area contributed by atoms with Crippen molar-refractivity contribution in [2.24, 2.45) is 5.92 Å². The van der Waals surface area contributed by atoms with E-state index < -0.39 is 0 Å². The van der Waals surface area contributed by atoms with Crippen LogP contribution in [-0.2, 0) is 4.74 Å². The highest BCUT2D eigenvalue weighted by molar-refractivity contribution is 4.69. The monoisotopic (exact) mass is 241 g/mol. The lowest BCUT2D eigenvalue weighted by molar-refractivity contribution is 0.0639. The highest BCUT2D eigenvalue weighted by Crippen LogP contribution is 2.17. The summed E-state index contributed by atoms with van der Waals surface area (Å²) in [6.45, 7) is 10.2. The minimum atomic E-state index is 0.899. The van der Waals surface area contributed by atoms with E-state index in [2.05, 4.69) is 15.5 Å². The Labute approximate surface area is 105 Å². The van der Waals surface area contributed by atoms with Crippen molar-refractivity contribution >= 4 is 0 Å². The minimum absolute atomic E-state index is 0.899. The van der Waals surface area contributed by atoms with Crippen molar-refractivity contribution in [2.45, 2.75) is 19.3 Å². The fourth-order valence-electron chi connectivity index (χ4n) is 2.64. The van der Waals surface area contributed by atoms with Gasteiger partial charge in [-0.3, -0.25) is 4.90 Å². The Kier molecular flexibility index (Phi) is 6.27. The van der Waals surface area contributed by atoms with E-state index in [4.69, 9.17) is 4.74 Å². The number of hydrogen-bond acceptors (Lipinski definition) is 4. The molecule has 0 aromatic carbocycles. The molecule has 4 heteroatoms. The molecule has 0 saturated carbocycles. The zero-order chi connectivity index (χ0) is 11.8. The van der Waals surface area contributed by atoms with Crippen LogP contribution in [0.5, 0.6) is 0 Å². The predicted octanol–water partition coefficient (Wildman–Crippen LogP) is 0.298. The van der Waals surface area contributed by atoms with Crippen LogP contribution in [0.1, 0.15) is 19.3 Å². The summed E-state index contributed by atoms with van der Waals surface area (Å²) in [4.78, 5) is 2.54. The Morgan fingerprint density at radius 1 is 1.12 bits per heavy atom. The first kappa shape index (κ1) is 13.3. The van der Waals surface area contributed by atoms with Crippen molar-refractivity contribution < 1.29 is 4.74 Å². The standard InChI is InChI=1S/C13H27N3O/c1(13-2-11-17-12-3-13)4-14-5-8-16-9-6-15-7-10-16/h13-15H,1-12H2. The van der Waals surface area contributed by atoms with Crippen LogP contribution in [0.15, 0.2) is 0 Å². The van der Waals surface area contributed by atoms with Gasteiger partial charge in [-0.2, -0.15) is 0 Å². The summed E-state index contributed by atoms with van der Waals surface area (Å²) in [6.07, 6.45) is 3.85.